The molecule has 0 saturated heterocycles. The smallest absolute Gasteiger partial charge is 0.0558 e. The van der Waals surface area contributed by atoms with Crippen molar-refractivity contribution in [2.45, 2.75) is 51.2 Å². The van der Waals surface area contributed by atoms with Gasteiger partial charge in [-0.1, -0.05) is 36.2 Å². The van der Waals surface area contributed by atoms with Crippen LogP contribution in [0.25, 0.3) is 0 Å². The van der Waals surface area contributed by atoms with Crippen LogP contribution in [0, 0.1) is 6.92 Å². The number of aryl methyl sites for hydroxylation is 1. The fourth-order valence-corrected chi connectivity index (χ4v) is 3.03. The Morgan fingerprint density at radius 1 is 1.42 bits per heavy atom. The molecule has 1 aliphatic carbocycles. The summed E-state index contributed by atoms with van der Waals surface area (Å²) in [5.74, 6) is 0. The fraction of sp³-hybridized carbons (Fsp3) is 0.625. The molecule has 0 heterocycles. The molecule has 1 aromatic rings. The molecule has 3 N–H and O–H groups in total. The maximum Gasteiger partial charge on any atom is 0.0558 e. The predicted molar refractivity (Wildman–Crippen MR) is 79.0 cm³/mol. The first-order valence-corrected chi connectivity index (χ1v) is 7.32. The summed E-state index contributed by atoms with van der Waals surface area (Å²) < 4.78 is 0. The molecule has 1 fully saturated rings. The van der Waals surface area contributed by atoms with Crippen molar-refractivity contribution in [3.63, 3.8) is 0 Å². The molecule has 0 amide bonds. The first kappa shape index (κ1) is 14.5. The van der Waals surface area contributed by atoms with Crippen LogP contribution in [0.3, 0.4) is 0 Å². The molecule has 106 valence electrons. The van der Waals surface area contributed by atoms with Gasteiger partial charge in [-0.15, -0.1) is 0 Å². The number of hydrogen-bond acceptors (Lipinski definition) is 3. The van der Waals surface area contributed by atoms with Gasteiger partial charge in [0.1, 0.15) is 0 Å². The Morgan fingerprint density at radius 2 is 2.16 bits per heavy atom. The van der Waals surface area contributed by atoms with E-state index < -0.39 is 0 Å². The Bertz CT molecular complexity index is 401. The minimum atomic E-state index is 0.0638. The van der Waals surface area contributed by atoms with Gasteiger partial charge in [0.2, 0.25) is 0 Å². The van der Waals surface area contributed by atoms with E-state index in [1.165, 1.54) is 30.4 Å². The van der Waals surface area contributed by atoms with Crippen molar-refractivity contribution < 1.29 is 5.11 Å². The minimum absolute atomic E-state index is 0.0638. The summed E-state index contributed by atoms with van der Waals surface area (Å²) in [5, 5.41) is 9.35. The lowest BCUT2D eigenvalue weighted by Crippen LogP contribution is -2.49. The van der Waals surface area contributed by atoms with Crippen molar-refractivity contribution in [2.24, 2.45) is 5.73 Å². The number of hydrogen-bond donors (Lipinski definition) is 2. The van der Waals surface area contributed by atoms with Gasteiger partial charge in [-0.05, 0) is 32.3 Å². The van der Waals surface area contributed by atoms with E-state index in [0.717, 1.165) is 0 Å². The Labute approximate surface area is 116 Å². The number of benzene rings is 1. The predicted octanol–water partition coefficient (Wildman–Crippen LogP) is 2.23. The molecule has 0 radical (unpaired) electrons. The zero-order chi connectivity index (χ0) is 13.8. The molecule has 0 bridgehead atoms. The summed E-state index contributed by atoms with van der Waals surface area (Å²) in [6, 6.07) is 9.44. The van der Waals surface area contributed by atoms with Crippen LogP contribution in [0.1, 0.15) is 43.4 Å². The lowest BCUT2D eigenvalue weighted by Gasteiger charge is -2.44. The van der Waals surface area contributed by atoms with Crippen LogP contribution in [0.5, 0.6) is 0 Å². The van der Waals surface area contributed by atoms with E-state index in [0.29, 0.717) is 12.6 Å². The second-order valence-electron chi connectivity index (χ2n) is 5.76. The van der Waals surface area contributed by atoms with Crippen molar-refractivity contribution in [3.05, 3.63) is 35.4 Å². The SMILES string of the molecule is Cc1cccc(C(C(C)N)N(CCO)C2CCC2)c1. The zero-order valence-corrected chi connectivity index (χ0v) is 12.0. The van der Waals surface area contributed by atoms with E-state index in [2.05, 4.69) is 43.0 Å². The van der Waals surface area contributed by atoms with E-state index in [4.69, 9.17) is 5.73 Å². The number of aliphatic hydroxyl groups excluding tert-OH is 1. The third kappa shape index (κ3) is 3.35. The van der Waals surface area contributed by atoms with E-state index >= 15 is 0 Å². The number of nitrogens with zero attached hydrogens (tertiary/aromatic N) is 1. The van der Waals surface area contributed by atoms with Crippen LogP contribution in [0.2, 0.25) is 0 Å². The molecule has 2 unspecified atom stereocenters. The summed E-state index contributed by atoms with van der Waals surface area (Å²) in [5.41, 5.74) is 8.78. The van der Waals surface area contributed by atoms with Gasteiger partial charge in [0, 0.05) is 24.7 Å². The highest BCUT2D eigenvalue weighted by Gasteiger charge is 2.32. The van der Waals surface area contributed by atoms with Crippen molar-refractivity contribution >= 4 is 0 Å². The third-order valence-corrected chi connectivity index (χ3v) is 4.14. The van der Waals surface area contributed by atoms with Gasteiger partial charge in [0.25, 0.3) is 0 Å². The number of nitrogens with two attached hydrogens (primary N) is 1. The lowest BCUT2D eigenvalue weighted by molar-refractivity contribution is 0.0503. The van der Waals surface area contributed by atoms with Crippen molar-refractivity contribution in [2.75, 3.05) is 13.2 Å². The second kappa shape index (κ2) is 6.51. The monoisotopic (exact) mass is 262 g/mol. The van der Waals surface area contributed by atoms with Crippen LogP contribution >= 0.6 is 0 Å². The molecule has 1 saturated carbocycles. The standard InChI is InChI=1S/C16H26N2O/c1-12-5-3-6-14(11-12)16(13(2)17)18(9-10-19)15-7-4-8-15/h3,5-6,11,13,15-16,19H,4,7-10,17H2,1-2H3. The lowest BCUT2D eigenvalue weighted by atomic mass is 9.87. The summed E-state index contributed by atoms with van der Waals surface area (Å²) in [6.45, 7) is 5.09. The van der Waals surface area contributed by atoms with Crippen LogP contribution in [-0.4, -0.2) is 35.2 Å². The summed E-state index contributed by atoms with van der Waals surface area (Å²) in [4.78, 5) is 2.41. The summed E-state index contributed by atoms with van der Waals surface area (Å²) in [6.07, 6.45) is 3.76. The Morgan fingerprint density at radius 3 is 2.63 bits per heavy atom. The summed E-state index contributed by atoms with van der Waals surface area (Å²) >= 11 is 0. The summed E-state index contributed by atoms with van der Waals surface area (Å²) in [7, 11) is 0. The highest BCUT2D eigenvalue weighted by atomic mass is 16.3. The van der Waals surface area contributed by atoms with Gasteiger partial charge in [0.15, 0.2) is 0 Å². The van der Waals surface area contributed by atoms with Gasteiger partial charge in [0.05, 0.1) is 6.61 Å². The largest absolute Gasteiger partial charge is 0.395 e. The average molecular weight is 262 g/mol. The van der Waals surface area contributed by atoms with Gasteiger partial charge in [-0.25, -0.2) is 0 Å². The molecule has 0 aliphatic heterocycles. The Hall–Kier alpha value is -0.900. The Balaban J connectivity index is 2.26. The molecule has 1 aromatic carbocycles. The molecule has 2 atom stereocenters. The van der Waals surface area contributed by atoms with E-state index in [1.807, 2.05) is 0 Å². The van der Waals surface area contributed by atoms with Gasteiger partial charge >= 0.3 is 0 Å². The quantitative estimate of drug-likeness (QED) is 0.826. The zero-order valence-electron chi connectivity index (χ0n) is 12.0. The molecule has 0 aromatic heterocycles. The second-order valence-corrected chi connectivity index (χ2v) is 5.76. The molecular formula is C16H26N2O. The molecule has 0 spiro atoms. The molecule has 2 rings (SSSR count). The van der Waals surface area contributed by atoms with E-state index in [-0.39, 0.29) is 18.7 Å². The first-order chi connectivity index (χ1) is 9.13. The Kier molecular flexibility index (Phi) is 4.97. The van der Waals surface area contributed by atoms with Crippen LogP contribution < -0.4 is 5.73 Å². The van der Waals surface area contributed by atoms with Gasteiger partial charge < -0.3 is 10.8 Å². The van der Waals surface area contributed by atoms with Gasteiger partial charge in [-0.3, -0.25) is 4.90 Å². The number of rotatable bonds is 6. The van der Waals surface area contributed by atoms with Crippen molar-refractivity contribution in [1.29, 1.82) is 0 Å². The molecule has 3 heteroatoms. The topological polar surface area (TPSA) is 49.5 Å². The maximum absolute atomic E-state index is 9.35. The minimum Gasteiger partial charge on any atom is -0.395 e. The van der Waals surface area contributed by atoms with Crippen molar-refractivity contribution in [3.8, 4) is 0 Å². The van der Waals surface area contributed by atoms with Crippen LogP contribution in [0.15, 0.2) is 24.3 Å². The highest BCUT2D eigenvalue weighted by molar-refractivity contribution is 5.26. The van der Waals surface area contributed by atoms with E-state index in [9.17, 15) is 5.11 Å². The molecule has 19 heavy (non-hydrogen) atoms. The van der Waals surface area contributed by atoms with Crippen LogP contribution in [0.4, 0.5) is 0 Å². The number of aliphatic hydroxyl groups is 1. The van der Waals surface area contributed by atoms with E-state index in [1.54, 1.807) is 0 Å². The first-order valence-electron chi connectivity index (χ1n) is 7.32. The van der Waals surface area contributed by atoms with Gasteiger partial charge in [-0.2, -0.15) is 0 Å². The maximum atomic E-state index is 9.35. The molecular weight excluding hydrogens is 236 g/mol. The average Bonchev–Trinajstić information content (AvgIpc) is 2.26. The highest BCUT2D eigenvalue weighted by Crippen LogP contribution is 2.33. The molecule has 3 nitrogen and oxygen atoms in total. The normalized spacial score (nSPS) is 19.2. The molecule has 1 aliphatic rings. The van der Waals surface area contributed by atoms with Crippen molar-refractivity contribution in [1.82, 2.24) is 4.90 Å². The fourth-order valence-electron chi connectivity index (χ4n) is 3.03. The van der Waals surface area contributed by atoms with Crippen LogP contribution in [-0.2, 0) is 0 Å². The third-order valence-electron chi connectivity index (χ3n) is 4.14.